The molecule has 0 aliphatic heterocycles. The van der Waals surface area contributed by atoms with Crippen molar-refractivity contribution in [2.75, 3.05) is 0 Å². The number of Topliss-reactive ketones (excluding diaryl/α,β-unsaturated/α-hetero) is 2. The zero-order valence-corrected chi connectivity index (χ0v) is 7.54. The summed E-state index contributed by atoms with van der Waals surface area (Å²) in [6, 6.07) is 0. The van der Waals surface area contributed by atoms with Crippen LogP contribution in [-0.4, -0.2) is 33.7 Å². The fourth-order valence-corrected chi connectivity index (χ4v) is 2.59. The molecule has 2 N–H and O–H groups in total. The van der Waals surface area contributed by atoms with Crippen LogP contribution in [0.2, 0.25) is 0 Å². The highest BCUT2D eigenvalue weighted by Gasteiger charge is 2.63. The van der Waals surface area contributed by atoms with Crippen molar-refractivity contribution >= 4 is 23.5 Å². The van der Waals surface area contributed by atoms with Crippen molar-refractivity contribution in [2.24, 2.45) is 23.7 Å². The maximum atomic E-state index is 11.5. The number of rotatable bonds is 2. The van der Waals surface area contributed by atoms with E-state index < -0.39 is 47.2 Å². The Kier molecular flexibility index (Phi) is 1.89. The molecule has 15 heavy (non-hydrogen) atoms. The molecule has 2 aliphatic rings. The SMILES string of the molecule is O=C1C[C@@H]2C(=O)[C@H]1[C@@H](C(=O)O)[C@@H]2C(=O)O. The smallest absolute Gasteiger partial charge is 0.308 e. The van der Waals surface area contributed by atoms with Crippen molar-refractivity contribution in [3.63, 3.8) is 0 Å². The van der Waals surface area contributed by atoms with Gasteiger partial charge in [-0.15, -0.1) is 0 Å². The van der Waals surface area contributed by atoms with Crippen LogP contribution in [0.3, 0.4) is 0 Å². The van der Waals surface area contributed by atoms with Crippen LogP contribution in [0.1, 0.15) is 6.42 Å². The summed E-state index contributed by atoms with van der Waals surface area (Å²) in [6.07, 6.45) is -0.121. The molecule has 4 atom stereocenters. The van der Waals surface area contributed by atoms with Gasteiger partial charge in [0.05, 0.1) is 17.8 Å². The molecule has 2 fully saturated rings. The first-order valence-electron chi connectivity index (χ1n) is 4.47. The number of carbonyl (C=O) groups is 4. The Labute approximate surface area is 83.9 Å². The number of ketones is 2. The number of hydrogen-bond acceptors (Lipinski definition) is 4. The van der Waals surface area contributed by atoms with E-state index in [0.29, 0.717) is 0 Å². The lowest BCUT2D eigenvalue weighted by atomic mass is 9.79. The summed E-state index contributed by atoms with van der Waals surface area (Å²) in [6.45, 7) is 0. The van der Waals surface area contributed by atoms with E-state index in [0.717, 1.165) is 0 Å². The Morgan fingerprint density at radius 3 is 2.07 bits per heavy atom. The maximum absolute atomic E-state index is 11.5. The number of aliphatic carboxylic acids is 2. The molecule has 0 aromatic rings. The number of carbonyl (C=O) groups excluding carboxylic acids is 2. The molecule has 2 aliphatic carbocycles. The van der Waals surface area contributed by atoms with Crippen molar-refractivity contribution in [3.8, 4) is 0 Å². The first-order chi connectivity index (χ1) is 6.95. The molecular formula is C9H8O6. The van der Waals surface area contributed by atoms with E-state index in [1.807, 2.05) is 0 Å². The van der Waals surface area contributed by atoms with Gasteiger partial charge in [-0.2, -0.15) is 0 Å². The van der Waals surface area contributed by atoms with Gasteiger partial charge in [0, 0.05) is 12.3 Å². The largest absolute Gasteiger partial charge is 0.481 e. The highest BCUT2D eigenvalue weighted by molar-refractivity contribution is 6.16. The molecule has 0 radical (unpaired) electrons. The average Bonchev–Trinajstić information content (AvgIpc) is 2.54. The highest BCUT2D eigenvalue weighted by Crippen LogP contribution is 2.47. The lowest BCUT2D eigenvalue weighted by Crippen LogP contribution is -2.38. The Hall–Kier alpha value is -1.72. The van der Waals surface area contributed by atoms with E-state index in [9.17, 15) is 19.2 Å². The van der Waals surface area contributed by atoms with Crippen molar-refractivity contribution in [1.82, 2.24) is 0 Å². The first-order valence-corrected chi connectivity index (χ1v) is 4.47. The lowest BCUT2D eigenvalue weighted by Gasteiger charge is -2.21. The zero-order chi connectivity index (χ0) is 11.3. The summed E-state index contributed by atoms with van der Waals surface area (Å²) >= 11 is 0. The van der Waals surface area contributed by atoms with Crippen molar-refractivity contribution < 1.29 is 29.4 Å². The van der Waals surface area contributed by atoms with E-state index in [-0.39, 0.29) is 6.42 Å². The molecule has 80 valence electrons. The number of carboxylic acids is 2. The van der Waals surface area contributed by atoms with Crippen LogP contribution in [0.5, 0.6) is 0 Å². The molecule has 0 amide bonds. The Morgan fingerprint density at radius 2 is 1.60 bits per heavy atom. The minimum Gasteiger partial charge on any atom is -0.481 e. The predicted octanol–water partition coefficient (Wildman–Crippen LogP) is -0.824. The summed E-state index contributed by atoms with van der Waals surface area (Å²) in [5.41, 5.74) is 0. The molecule has 2 saturated carbocycles. The van der Waals surface area contributed by atoms with Crippen LogP contribution in [0.4, 0.5) is 0 Å². The summed E-state index contributed by atoms with van der Waals surface area (Å²) in [4.78, 5) is 44.4. The third kappa shape index (κ3) is 1.10. The van der Waals surface area contributed by atoms with Gasteiger partial charge in [0.15, 0.2) is 0 Å². The summed E-state index contributed by atoms with van der Waals surface area (Å²) < 4.78 is 0. The van der Waals surface area contributed by atoms with Crippen LogP contribution < -0.4 is 0 Å². The molecule has 0 unspecified atom stereocenters. The van der Waals surface area contributed by atoms with Crippen LogP contribution in [0.25, 0.3) is 0 Å². The van der Waals surface area contributed by atoms with Crippen molar-refractivity contribution in [3.05, 3.63) is 0 Å². The van der Waals surface area contributed by atoms with Gasteiger partial charge in [-0.1, -0.05) is 0 Å². The van der Waals surface area contributed by atoms with Crippen LogP contribution in [-0.2, 0) is 19.2 Å². The van der Waals surface area contributed by atoms with Gasteiger partial charge in [0.2, 0.25) is 0 Å². The van der Waals surface area contributed by atoms with E-state index in [1.54, 1.807) is 0 Å². The van der Waals surface area contributed by atoms with Crippen molar-refractivity contribution in [1.29, 1.82) is 0 Å². The molecule has 0 saturated heterocycles. The Bertz CT molecular complexity index is 384. The lowest BCUT2D eigenvalue weighted by molar-refractivity contribution is -0.158. The molecule has 6 nitrogen and oxygen atoms in total. The van der Waals surface area contributed by atoms with E-state index in [2.05, 4.69) is 0 Å². The fraction of sp³-hybridized carbons (Fsp3) is 0.556. The Balaban J connectivity index is 2.44. The van der Waals surface area contributed by atoms with Gasteiger partial charge in [-0.3, -0.25) is 19.2 Å². The maximum Gasteiger partial charge on any atom is 0.308 e. The minimum absolute atomic E-state index is 0.121. The van der Waals surface area contributed by atoms with Crippen LogP contribution in [0.15, 0.2) is 0 Å². The number of hydrogen-bond donors (Lipinski definition) is 2. The van der Waals surface area contributed by atoms with E-state index >= 15 is 0 Å². The second-order valence-corrected chi connectivity index (χ2v) is 3.89. The summed E-state index contributed by atoms with van der Waals surface area (Å²) in [5, 5.41) is 17.7. The van der Waals surface area contributed by atoms with Gasteiger partial charge in [-0.05, 0) is 0 Å². The quantitative estimate of drug-likeness (QED) is 0.578. The average molecular weight is 212 g/mol. The van der Waals surface area contributed by atoms with Crippen molar-refractivity contribution in [2.45, 2.75) is 6.42 Å². The third-order valence-corrected chi connectivity index (χ3v) is 3.19. The number of fused-ring (bicyclic) bond motifs is 2. The van der Waals surface area contributed by atoms with Gasteiger partial charge < -0.3 is 10.2 Å². The number of carboxylic acid groups (broad SMARTS) is 2. The highest BCUT2D eigenvalue weighted by atomic mass is 16.4. The van der Waals surface area contributed by atoms with Crippen LogP contribution >= 0.6 is 0 Å². The molecule has 0 aromatic carbocycles. The Morgan fingerprint density at radius 1 is 1.07 bits per heavy atom. The topological polar surface area (TPSA) is 109 Å². The third-order valence-electron chi connectivity index (χ3n) is 3.19. The normalized spacial score (nSPS) is 38.4. The molecule has 2 bridgehead atoms. The van der Waals surface area contributed by atoms with Crippen LogP contribution in [0, 0.1) is 23.7 Å². The predicted molar refractivity (Wildman–Crippen MR) is 43.9 cm³/mol. The fourth-order valence-electron chi connectivity index (χ4n) is 2.59. The molecular weight excluding hydrogens is 204 g/mol. The molecule has 0 heterocycles. The monoisotopic (exact) mass is 212 g/mol. The molecule has 0 spiro atoms. The van der Waals surface area contributed by atoms with Gasteiger partial charge in [-0.25, -0.2) is 0 Å². The standard InChI is InChI=1S/C9H8O6/c10-3-1-2-4(8(12)13)6(9(14)15)5(3)7(2)11/h2,4-6H,1H2,(H,12,13)(H,14,15)/t2-,4+,5+,6-/m0/s1. The first kappa shape index (κ1) is 9.82. The minimum atomic E-state index is -1.38. The van der Waals surface area contributed by atoms with Gasteiger partial charge >= 0.3 is 11.9 Å². The van der Waals surface area contributed by atoms with Gasteiger partial charge in [0.25, 0.3) is 0 Å². The molecule has 2 rings (SSSR count). The summed E-state index contributed by atoms with van der Waals surface area (Å²) in [7, 11) is 0. The van der Waals surface area contributed by atoms with E-state index in [1.165, 1.54) is 0 Å². The molecule has 0 aromatic heterocycles. The van der Waals surface area contributed by atoms with Gasteiger partial charge in [0.1, 0.15) is 11.6 Å². The molecule has 6 heteroatoms. The zero-order valence-electron chi connectivity index (χ0n) is 7.54. The second kappa shape index (κ2) is 2.88. The summed E-state index contributed by atoms with van der Waals surface area (Å²) in [5.74, 6) is -8.41. The second-order valence-electron chi connectivity index (χ2n) is 3.89. The van der Waals surface area contributed by atoms with E-state index in [4.69, 9.17) is 10.2 Å².